The number of Topliss-reactive ketones (excluding diaryl/α,β-unsaturated/α-hetero) is 1. The third-order valence-corrected chi connectivity index (χ3v) is 1.37. The molecule has 0 saturated heterocycles. The summed E-state index contributed by atoms with van der Waals surface area (Å²) in [5.74, 6) is -0.908. The number of hydrogen-bond donors (Lipinski definition) is 2. The zero-order valence-electron chi connectivity index (χ0n) is 9.64. The van der Waals surface area contributed by atoms with Gasteiger partial charge in [-0.15, -0.1) is 0 Å². The molecule has 0 heterocycles. The summed E-state index contributed by atoms with van der Waals surface area (Å²) in [5.41, 5.74) is -0.317. The Morgan fingerprint density at radius 2 is 1.60 bits per heavy atom. The van der Waals surface area contributed by atoms with Crippen LogP contribution in [0, 0.1) is 0 Å². The summed E-state index contributed by atoms with van der Waals surface area (Å²) in [4.78, 5) is 32.8. The van der Waals surface area contributed by atoms with E-state index in [4.69, 9.17) is 0 Å². The van der Waals surface area contributed by atoms with Gasteiger partial charge in [-0.1, -0.05) is 0 Å². The largest absolute Gasteiger partial charge is 0.350 e. The van der Waals surface area contributed by atoms with Crippen molar-refractivity contribution in [1.29, 1.82) is 0 Å². The monoisotopic (exact) mass is 214 g/mol. The van der Waals surface area contributed by atoms with Crippen LogP contribution in [0.4, 0.5) is 0 Å². The van der Waals surface area contributed by atoms with E-state index in [-0.39, 0.29) is 30.2 Å². The number of ketones is 1. The van der Waals surface area contributed by atoms with Gasteiger partial charge in [0.05, 0.1) is 13.0 Å². The molecule has 5 heteroatoms. The molecule has 0 atom stereocenters. The second kappa shape index (κ2) is 5.48. The molecule has 0 aliphatic rings. The van der Waals surface area contributed by atoms with Gasteiger partial charge in [-0.05, 0) is 27.7 Å². The molecule has 0 unspecified atom stereocenters. The summed E-state index contributed by atoms with van der Waals surface area (Å²) in [5, 5.41) is 5.05. The van der Waals surface area contributed by atoms with Gasteiger partial charge in [0.1, 0.15) is 5.78 Å². The molecule has 0 spiro atoms. The van der Waals surface area contributed by atoms with Crippen molar-refractivity contribution in [3.05, 3.63) is 0 Å². The van der Waals surface area contributed by atoms with E-state index in [1.165, 1.54) is 6.92 Å². The molecule has 0 fully saturated rings. The van der Waals surface area contributed by atoms with E-state index < -0.39 is 5.91 Å². The number of hydrogen-bond acceptors (Lipinski definition) is 3. The number of carbonyl (C=O) groups excluding carboxylic acids is 3. The second-order valence-corrected chi connectivity index (χ2v) is 4.45. The summed E-state index contributed by atoms with van der Waals surface area (Å²) in [6.45, 7) is 6.78. The van der Waals surface area contributed by atoms with E-state index in [0.717, 1.165) is 0 Å². The Labute approximate surface area is 89.6 Å². The molecule has 0 aliphatic heterocycles. The van der Waals surface area contributed by atoms with Crippen LogP contribution in [0.3, 0.4) is 0 Å². The molecule has 0 aromatic heterocycles. The zero-order valence-corrected chi connectivity index (χ0v) is 9.64. The van der Waals surface area contributed by atoms with E-state index in [2.05, 4.69) is 10.6 Å². The first-order valence-corrected chi connectivity index (χ1v) is 4.78. The van der Waals surface area contributed by atoms with E-state index >= 15 is 0 Å². The third-order valence-electron chi connectivity index (χ3n) is 1.37. The predicted molar refractivity (Wildman–Crippen MR) is 56.2 cm³/mol. The highest BCUT2D eigenvalue weighted by Gasteiger charge is 2.14. The van der Waals surface area contributed by atoms with Crippen molar-refractivity contribution in [2.24, 2.45) is 0 Å². The molecule has 2 N–H and O–H groups in total. The molecule has 0 bridgehead atoms. The number of nitrogens with one attached hydrogen (secondary N) is 2. The number of carbonyl (C=O) groups is 3. The first-order valence-electron chi connectivity index (χ1n) is 4.78. The highest BCUT2D eigenvalue weighted by Crippen LogP contribution is 1.97. The lowest BCUT2D eigenvalue weighted by atomic mass is 10.1. The van der Waals surface area contributed by atoms with Gasteiger partial charge in [-0.2, -0.15) is 0 Å². The maximum absolute atomic E-state index is 11.2. The molecular formula is C10H18N2O3. The van der Waals surface area contributed by atoms with Crippen LogP contribution in [0.5, 0.6) is 0 Å². The van der Waals surface area contributed by atoms with Gasteiger partial charge in [0.15, 0.2) is 0 Å². The van der Waals surface area contributed by atoms with Gasteiger partial charge in [-0.25, -0.2) is 0 Å². The van der Waals surface area contributed by atoms with Gasteiger partial charge >= 0.3 is 0 Å². The molecule has 0 saturated carbocycles. The normalized spacial score (nSPS) is 10.7. The Morgan fingerprint density at radius 1 is 1.07 bits per heavy atom. The van der Waals surface area contributed by atoms with Gasteiger partial charge in [-0.3, -0.25) is 14.4 Å². The smallest absolute Gasteiger partial charge is 0.239 e. The fourth-order valence-corrected chi connectivity index (χ4v) is 0.930. The SMILES string of the molecule is CC(=O)CC(=O)NCC(=O)NC(C)(C)C. The van der Waals surface area contributed by atoms with Crippen LogP contribution in [-0.4, -0.2) is 29.7 Å². The summed E-state index contributed by atoms with van der Waals surface area (Å²) in [7, 11) is 0. The Kier molecular flexibility index (Phi) is 4.97. The van der Waals surface area contributed by atoms with E-state index in [0.29, 0.717) is 0 Å². The van der Waals surface area contributed by atoms with Crippen LogP contribution in [0.25, 0.3) is 0 Å². The van der Waals surface area contributed by atoms with Crippen LogP contribution in [-0.2, 0) is 14.4 Å². The quantitative estimate of drug-likeness (QED) is 0.647. The first-order chi connectivity index (χ1) is 6.70. The number of amides is 2. The highest BCUT2D eigenvalue weighted by molar-refractivity contribution is 5.98. The van der Waals surface area contributed by atoms with Crippen LogP contribution < -0.4 is 10.6 Å². The van der Waals surface area contributed by atoms with Crippen molar-refractivity contribution in [2.45, 2.75) is 39.7 Å². The lowest BCUT2D eigenvalue weighted by Gasteiger charge is -2.20. The first kappa shape index (κ1) is 13.6. The lowest BCUT2D eigenvalue weighted by Crippen LogP contribution is -2.46. The molecule has 0 aromatic rings. The van der Waals surface area contributed by atoms with Crippen molar-refractivity contribution in [2.75, 3.05) is 6.54 Å². The standard InChI is InChI=1S/C10H18N2O3/c1-7(13)5-8(14)11-6-9(15)12-10(2,3)4/h5-6H2,1-4H3,(H,11,14)(H,12,15). The van der Waals surface area contributed by atoms with Crippen LogP contribution in [0.2, 0.25) is 0 Å². The minimum absolute atomic E-state index is 0.0939. The molecule has 0 aliphatic carbocycles. The molecule has 2 amide bonds. The van der Waals surface area contributed by atoms with Gasteiger partial charge < -0.3 is 10.6 Å². The lowest BCUT2D eigenvalue weighted by molar-refractivity contribution is -0.130. The Hall–Kier alpha value is -1.39. The molecule has 0 rings (SSSR count). The number of rotatable bonds is 4. The van der Waals surface area contributed by atoms with Crippen molar-refractivity contribution in [3.63, 3.8) is 0 Å². The minimum Gasteiger partial charge on any atom is -0.350 e. The highest BCUT2D eigenvalue weighted by atomic mass is 16.2. The molecule has 0 aromatic carbocycles. The molecule has 15 heavy (non-hydrogen) atoms. The third kappa shape index (κ3) is 8.93. The van der Waals surface area contributed by atoms with E-state index in [9.17, 15) is 14.4 Å². The molecule has 5 nitrogen and oxygen atoms in total. The van der Waals surface area contributed by atoms with Crippen LogP contribution in [0.15, 0.2) is 0 Å². The fraction of sp³-hybridized carbons (Fsp3) is 0.700. The molecule has 86 valence electrons. The molecule has 0 radical (unpaired) electrons. The van der Waals surface area contributed by atoms with Crippen molar-refractivity contribution in [3.8, 4) is 0 Å². The maximum atomic E-state index is 11.2. The van der Waals surface area contributed by atoms with Gasteiger partial charge in [0.25, 0.3) is 0 Å². The predicted octanol–water partition coefficient (Wildman–Crippen LogP) is -0.00360. The Morgan fingerprint density at radius 3 is 2.00 bits per heavy atom. The van der Waals surface area contributed by atoms with Crippen LogP contribution in [0.1, 0.15) is 34.1 Å². The van der Waals surface area contributed by atoms with Crippen molar-refractivity contribution >= 4 is 17.6 Å². The average Bonchev–Trinajstić information content (AvgIpc) is 1.96. The Balaban J connectivity index is 3.82. The van der Waals surface area contributed by atoms with E-state index in [1.54, 1.807) is 0 Å². The minimum atomic E-state index is -0.424. The van der Waals surface area contributed by atoms with Gasteiger partial charge in [0.2, 0.25) is 11.8 Å². The van der Waals surface area contributed by atoms with Gasteiger partial charge in [0, 0.05) is 5.54 Å². The maximum Gasteiger partial charge on any atom is 0.239 e. The summed E-state index contributed by atoms with van der Waals surface area (Å²) in [6.07, 6.45) is -0.178. The summed E-state index contributed by atoms with van der Waals surface area (Å²) >= 11 is 0. The zero-order chi connectivity index (χ0) is 12.1. The Bertz CT molecular complexity index is 266. The van der Waals surface area contributed by atoms with Crippen molar-refractivity contribution in [1.82, 2.24) is 10.6 Å². The summed E-state index contributed by atoms with van der Waals surface area (Å²) < 4.78 is 0. The fourth-order valence-electron chi connectivity index (χ4n) is 0.930. The molecular weight excluding hydrogens is 196 g/mol. The van der Waals surface area contributed by atoms with Crippen molar-refractivity contribution < 1.29 is 14.4 Å². The topological polar surface area (TPSA) is 75.3 Å². The average molecular weight is 214 g/mol. The summed E-state index contributed by atoms with van der Waals surface area (Å²) in [6, 6.07) is 0. The van der Waals surface area contributed by atoms with E-state index in [1.807, 2.05) is 20.8 Å². The van der Waals surface area contributed by atoms with Crippen LogP contribution >= 0.6 is 0 Å². The second-order valence-electron chi connectivity index (χ2n) is 4.45.